The second-order valence-electron chi connectivity index (χ2n) is 8.86. The lowest BCUT2D eigenvalue weighted by Crippen LogP contribution is -2.41. The maximum Gasteiger partial charge on any atom is 0.151 e. The minimum atomic E-state index is -0.693. The molecule has 4 saturated carbocycles. The molecule has 4 aliphatic rings. The summed E-state index contributed by atoms with van der Waals surface area (Å²) in [5.41, 5.74) is 1.75. The van der Waals surface area contributed by atoms with E-state index in [-0.39, 0.29) is 28.4 Å². The van der Waals surface area contributed by atoms with Crippen molar-refractivity contribution in [2.24, 2.45) is 23.7 Å². The number of fused-ring (bicyclic) bond motifs is 2. The van der Waals surface area contributed by atoms with Gasteiger partial charge in [-0.2, -0.15) is 0 Å². The molecule has 2 aromatic rings. The average Bonchev–Trinajstić information content (AvgIpc) is 3.04. The largest absolute Gasteiger partial charge is 0.457 e. The Morgan fingerprint density at radius 2 is 1.50 bits per heavy atom. The van der Waals surface area contributed by atoms with Crippen LogP contribution in [0.2, 0.25) is 5.02 Å². The molecule has 4 fully saturated rings. The Morgan fingerprint density at radius 1 is 0.933 bits per heavy atom. The number of rotatable bonds is 4. The van der Waals surface area contributed by atoms with Crippen molar-refractivity contribution in [2.75, 3.05) is 0 Å². The molecular weight excluding hydrogens is 403 g/mol. The van der Waals surface area contributed by atoms with Crippen LogP contribution < -0.4 is 4.74 Å². The van der Waals surface area contributed by atoms with Crippen molar-refractivity contribution in [1.29, 1.82) is 0 Å². The van der Waals surface area contributed by atoms with Gasteiger partial charge in [0.2, 0.25) is 0 Å². The molecule has 0 aromatic heterocycles. The second kappa shape index (κ2) is 7.49. The number of halogens is 2. The minimum Gasteiger partial charge on any atom is -0.457 e. The van der Waals surface area contributed by atoms with Gasteiger partial charge in [-0.1, -0.05) is 24.6 Å². The van der Waals surface area contributed by atoms with Crippen LogP contribution in [0.15, 0.2) is 36.4 Å². The van der Waals surface area contributed by atoms with Gasteiger partial charge in [-0.05, 0) is 79.3 Å². The van der Waals surface area contributed by atoms with Crippen molar-refractivity contribution < 1.29 is 18.7 Å². The predicted molar refractivity (Wildman–Crippen MR) is 112 cm³/mol. The third kappa shape index (κ3) is 3.08. The highest BCUT2D eigenvalue weighted by atomic mass is 35.5. The predicted octanol–water partition coefficient (Wildman–Crippen LogP) is 6.12. The maximum atomic E-state index is 13.8. The van der Waals surface area contributed by atoms with Crippen molar-refractivity contribution in [3.63, 3.8) is 0 Å². The number of ether oxygens (including phenoxy) is 1. The minimum absolute atomic E-state index is 0.0313. The summed E-state index contributed by atoms with van der Waals surface area (Å²) in [6.45, 7) is 2.02. The smallest absolute Gasteiger partial charge is 0.151 e. The van der Waals surface area contributed by atoms with E-state index in [0.29, 0.717) is 23.3 Å². The van der Waals surface area contributed by atoms with Crippen molar-refractivity contribution >= 4 is 23.2 Å². The van der Waals surface area contributed by atoms with Gasteiger partial charge in [0.25, 0.3) is 0 Å². The number of hydrogen-bond donors (Lipinski definition) is 0. The molecule has 5 heteroatoms. The number of Topliss-reactive ketones (excluding diaryl/α,β-unsaturated/α-hetero) is 2. The van der Waals surface area contributed by atoms with Gasteiger partial charge in [-0.15, -0.1) is 0 Å². The van der Waals surface area contributed by atoms with Crippen LogP contribution in [0.4, 0.5) is 4.39 Å². The summed E-state index contributed by atoms with van der Waals surface area (Å²) in [7, 11) is 0. The molecule has 4 aliphatic carbocycles. The lowest BCUT2D eigenvalue weighted by Gasteiger charge is -2.43. The van der Waals surface area contributed by atoms with Gasteiger partial charge in [-0.3, -0.25) is 9.59 Å². The number of benzene rings is 2. The average molecular weight is 427 g/mol. The zero-order valence-electron chi connectivity index (χ0n) is 16.9. The van der Waals surface area contributed by atoms with Crippen molar-refractivity contribution in [1.82, 2.24) is 0 Å². The zero-order valence-corrected chi connectivity index (χ0v) is 17.6. The van der Waals surface area contributed by atoms with Gasteiger partial charge < -0.3 is 4.74 Å². The van der Waals surface area contributed by atoms with Crippen LogP contribution in [-0.2, 0) is 16.0 Å². The molecule has 3 nitrogen and oxygen atoms in total. The highest BCUT2D eigenvalue weighted by Crippen LogP contribution is 2.56. The van der Waals surface area contributed by atoms with Crippen LogP contribution in [0.3, 0.4) is 0 Å². The fourth-order valence-electron chi connectivity index (χ4n) is 6.00. The first-order chi connectivity index (χ1) is 14.5. The van der Waals surface area contributed by atoms with Gasteiger partial charge in [0.15, 0.2) is 11.6 Å². The molecule has 2 bridgehead atoms. The Labute approximate surface area is 180 Å². The Bertz CT molecular complexity index is 995. The topological polar surface area (TPSA) is 43.4 Å². The van der Waals surface area contributed by atoms with Gasteiger partial charge in [0.05, 0.1) is 5.02 Å². The first-order valence-electron chi connectivity index (χ1n) is 10.8. The molecule has 156 valence electrons. The Hall–Kier alpha value is -2.20. The summed E-state index contributed by atoms with van der Waals surface area (Å²) >= 11 is 5.75. The monoisotopic (exact) mass is 426 g/mol. The van der Waals surface area contributed by atoms with Gasteiger partial charge in [0, 0.05) is 17.9 Å². The molecule has 2 atom stereocenters. The van der Waals surface area contributed by atoms with Crippen LogP contribution in [0.1, 0.15) is 49.7 Å². The van der Waals surface area contributed by atoms with Crippen molar-refractivity contribution in [2.45, 2.75) is 44.9 Å². The normalized spacial score (nSPS) is 29.9. The van der Waals surface area contributed by atoms with E-state index in [0.717, 1.165) is 43.2 Å². The van der Waals surface area contributed by atoms with E-state index in [1.165, 1.54) is 12.1 Å². The molecule has 2 unspecified atom stereocenters. The van der Waals surface area contributed by atoms with Crippen LogP contribution in [-0.4, -0.2) is 11.6 Å². The van der Waals surface area contributed by atoms with Gasteiger partial charge >= 0.3 is 0 Å². The van der Waals surface area contributed by atoms with Crippen molar-refractivity contribution in [3.8, 4) is 11.5 Å². The first-order valence-corrected chi connectivity index (χ1v) is 11.2. The van der Waals surface area contributed by atoms with E-state index in [1.54, 1.807) is 18.2 Å². The summed E-state index contributed by atoms with van der Waals surface area (Å²) in [6, 6.07) is 9.78. The summed E-state index contributed by atoms with van der Waals surface area (Å²) in [5.74, 6) is 0.287. The van der Waals surface area contributed by atoms with E-state index in [9.17, 15) is 14.0 Å². The molecule has 0 amide bonds. The van der Waals surface area contributed by atoms with E-state index >= 15 is 0 Å². The SMILES string of the molecule is CCc1ccc(Oc2ccc(Cl)c(F)c2)cc1C1C(=O)C2C3CCC(CC3)C2C1=O. The molecule has 0 radical (unpaired) electrons. The third-order valence-electron chi connectivity index (χ3n) is 7.38. The van der Waals surface area contributed by atoms with E-state index in [1.807, 2.05) is 13.0 Å². The van der Waals surface area contributed by atoms with E-state index in [2.05, 4.69) is 0 Å². The first kappa shape index (κ1) is 19.7. The standard InChI is InChI=1S/C25H24ClFO3/c1-2-13-7-8-16(30-17-9-10-19(26)20(27)12-17)11-18(13)23-24(28)21-14-3-4-15(6-5-14)22(21)25(23)29/h7-12,14-15,21-23H,2-6H2,1H3. The summed E-state index contributed by atoms with van der Waals surface area (Å²) in [6.07, 6.45) is 5.02. The molecule has 2 aromatic carbocycles. The Morgan fingerprint density at radius 3 is 2.07 bits per heavy atom. The van der Waals surface area contributed by atoms with Crippen LogP contribution in [0.25, 0.3) is 0 Å². The fourth-order valence-corrected chi connectivity index (χ4v) is 6.12. The summed E-state index contributed by atoms with van der Waals surface area (Å²) in [5, 5.41) is 0.0313. The summed E-state index contributed by atoms with van der Waals surface area (Å²) in [4.78, 5) is 26.9. The number of hydrogen-bond acceptors (Lipinski definition) is 3. The Kier molecular flexibility index (Phi) is 4.93. The molecule has 0 N–H and O–H groups in total. The molecular formula is C25H24ClFO3. The molecule has 0 saturated heterocycles. The number of carbonyl (C=O) groups is 2. The highest BCUT2D eigenvalue weighted by molar-refractivity contribution is 6.30. The summed E-state index contributed by atoms with van der Waals surface area (Å²) < 4.78 is 19.6. The van der Waals surface area contributed by atoms with Crippen molar-refractivity contribution in [3.05, 3.63) is 58.4 Å². The number of carbonyl (C=O) groups excluding carboxylic acids is 2. The lowest BCUT2D eigenvalue weighted by atomic mass is 9.59. The maximum absolute atomic E-state index is 13.8. The third-order valence-corrected chi connectivity index (χ3v) is 7.69. The van der Waals surface area contributed by atoms with E-state index < -0.39 is 11.7 Å². The van der Waals surface area contributed by atoms with Gasteiger partial charge in [-0.25, -0.2) is 4.39 Å². The molecule has 6 rings (SSSR count). The van der Waals surface area contributed by atoms with Crippen LogP contribution in [0.5, 0.6) is 11.5 Å². The fraction of sp³-hybridized carbons (Fsp3) is 0.440. The van der Waals surface area contributed by atoms with Gasteiger partial charge in [0.1, 0.15) is 23.2 Å². The molecule has 0 heterocycles. The zero-order chi connectivity index (χ0) is 21.0. The van der Waals surface area contributed by atoms with Crippen LogP contribution in [0, 0.1) is 29.5 Å². The second-order valence-corrected chi connectivity index (χ2v) is 9.26. The lowest BCUT2D eigenvalue weighted by molar-refractivity contribution is -0.129. The Balaban J connectivity index is 1.50. The quantitative estimate of drug-likeness (QED) is 0.553. The van der Waals surface area contributed by atoms with Crippen LogP contribution >= 0.6 is 11.6 Å². The molecule has 0 aliphatic heterocycles. The molecule has 0 spiro atoms. The molecule has 30 heavy (non-hydrogen) atoms. The number of ketones is 2. The van der Waals surface area contributed by atoms with E-state index in [4.69, 9.17) is 16.3 Å². The highest BCUT2D eigenvalue weighted by Gasteiger charge is 2.59. The number of aryl methyl sites for hydroxylation is 1.